The summed E-state index contributed by atoms with van der Waals surface area (Å²) in [5.74, 6) is 0. The van der Waals surface area contributed by atoms with Gasteiger partial charge in [0.05, 0.1) is 12.0 Å². The highest BCUT2D eigenvalue weighted by molar-refractivity contribution is 7.71. The molecule has 1 N–H and O–H groups in total. The van der Waals surface area contributed by atoms with Crippen LogP contribution < -0.4 is 0 Å². The first-order chi connectivity index (χ1) is 7.83. The van der Waals surface area contributed by atoms with Crippen LogP contribution in [0.2, 0.25) is 0 Å². The summed E-state index contributed by atoms with van der Waals surface area (Å²) in [5.41, 5.74) is 2.98. The van der Waals surface area contributed by atoms with E-state index < -0.39 is 0 Å². The number of hydrogen-bond donors (Lipinski definition) is 1. The molecule has 0 aliphatic rings. The van der Waals surface area contributed by atoms with E-state index in [1.54, 1.807) is 18.7 Å². The van der Waals surface area contributed by atoms with Crippen LogP contribution in [0.1, 0.15) is 18.9 Å². The van der Waals surface area contributed by atoms with E-state index in [1.165, 1.54) is 6.33 Å². The van der Waals surface area contributed by atoms with Crippen molar-refractivity contribution >= 4 is 12.2 Å². The molecule has 0 amide bonds. The first-order valence-electron chi connectivity index (χ1n) is 5.15. The SMILES string of the molecule is CCCc1c(-c2cncnc2)[nH]cnc1=S. The minimum Gasteiger partial charge on any atom is -0.345 e. The van der Waals surface area contributed by atoms with E-state index >= 15 is 0 Å². The molecule has 0 bridgehead atoms. The molecule has 82 valence electrons. The molecule has 0 saturated carbocycles. The Morgan fingerprint density at radius 3 is 2.75 bits per heavy atom. The van der Waals surface area contributed by atoms with Crippen LogP contribution in [0.15, 0.2) is 25.0 Å². The number of rotatable bonds is 3. The van der Waals surface area contributed by atoms with E-state index in [0.29, 0.717) is 4.64 Å². The second-order valence-electron chi connectivity index (χ2n) is 3.44. The first-order valence-corrected chi connectivity index (χ1v) is 5.55. The highest BCUT2D eigenvalue weighted by atomic mass is 32.1. The van der Waals surface area contributed by atoms with Crippen LogP contribution in [-0.2, 0) is 6.42 Å². The van der Waals surface area contributed by atoms with Crippen LogP contribution in [0, 0.1) is 4.64 Å². The average molecular weight is 232 g/mol. The smallest absolute Gasteiger partial charge is 0.133 e. The molecule has 5 heteroatoms. The van der Waals surface area contributed by atoms with Crippen molar-refractivity contribution in [3.63, 3.8) is 0 Å². The molecule has 16 heavy (non-hydrogen) atoms. The van der Waals surface area contributed by atoms with E-state index in [4.69, 9.17) is 12.2 Å². The van der Waals surface area contributed by atoms with Crippen LogP contribution in [0.3, 0.4) is 0 Å². The van der Waals surface area contributed by atoms with Crippen molar-refractivity contribution < 1.29 is 0 Å². The van der Waals surface area contributed by atoms with Crippen molar-refractivity contribution in [2.24, 2.45) is 0 Å². The molecule has 0 fully saturated rings. The maximum Gasteiger partial charge on any atom is 0.133 e. The van der Waals surface area contributed by atoms with Crippen LogP contribution in [0.4, 0.5) is 0 Å². The van der Waals surface area contributed by atoms with E-state index in [-0.39, 0.29) is 0 Å². The van der Waals surface area contributed by atoms with Gasteiger partial charge in [-0.15, -0.1) is 0 Å². The first kappa shape index (κ1) is 10.9. The second-order valence-corrected chi connectivity index (χ2v) is 3.83. The van der Waals surface area contributed by atoms with Gasteiger partial charge in [-0.05, 0) is 6.42 Å². The zero-order valence-corrected chi connectivity index (χ0v) is 9.79. The molecule has 4 nitrogen and oxygen atoms in total. The lowest BCUT2D eigenvalue weighted by Crippen LogP contribution is -1.97. The van der Waals surface area contributed by atoms with E-state index in [1.807, 2.05) is 0 Å². The topological polar surface area (TPSA) is 54.5 Å². The fraction of sp³-hybridized carbons (Fsp3) is 0.273. The minimum absolute atomic E-state index is 0.652. The molecule has 0 spiro atoms. The maximum absolute atomic E-state index is 5.23. The predicted molar refractivity (Wildman–Crippen MR) is 64.4 cm³/mol. The van der Waals surface area contributed by atoms with Gasteiger partial charge in [0.2, 0.25) is 0 Å². The van der Waals surface area contributed by atoms with Gasteiger partial charge in [-0.25, -0.2) is 15.0 Å². The number of nitrogens with one attached hydrogen (secondary N) is 1. The lowest BCUT2D eigenvalue weighted by atomic mass is 10.1. The van der Waals surface area contributed by atoms with Crippen LogP contribution in [-0.4, -0.2) is 19.9 Å². The van der Waals surface area contributed by atoms with Crippen molar-refractivity contribution in [1.82, 2.24) is 19.9 Å². The highest BCUT2D eigenvalue weighted by Gasteiger charge is 2.07. The lowest BCUT2D eigenvalue weighted by molar-refractivity contribution is 0.897. The Balaban J connectivity index is 2.57. The van der Waals surface area contributed by atoms with E-state index in [0.717, 1.165) is 29.7 Å². The van der Waals surface area contributed by atoms with E-state index in [2.05, 4.69) is 26.9 Å². The zero-order chi connectivity index (χ0) is 11.4. The third-order valence-electron chi connectivity index (χ3n) is 2.30. The molecule has 2 rings (SSSR count). The maximum atomic E-state index is 5.23. The Bertz CT molecular complexity index is 521. The molecular formula is C11H12N4S. The quantitative estimate of drug-likeness (QED) is 0.826. The second kappa shape index (κ2) is 4.94. The summed E-state index contributed by atoms with van der Waals surface area (Å²) in [7, 11) is 0. The number of aromatic amines is 1. The van der Waals surface area contributed by atoms with Gasteiger partial charge in [-0.2, -0.15) is 0 Å². The van der Waals surface area contributed by atoms with E-state index in [9.17, 15) is 0 Å². The lowest BCUT2D eigenvalue weighted by Gasteiger charge is -2.07. The van der Waals surface area contributed by atoms with Gasteiger partial charge in [-0.1, -0.05) is 25.6 Å². The van der Waals surface area contributed by atoms with Gasteiger partial charge < -0.3 is 4.98 Å². The monoisotopic (exact) mass is 232 g/mol. The Hall–Kier alpha value is -1.62. The molecule has 0 aliphatic heterocycles. The zero-order valence-electron chi connectivity index (χ0n) is 8.97. The van der Waals surface area contributed by atoms with Crippen molar-refractivity contribution in [2.75, 3.05) is 0 Å². The van der Waals surface area contributed by atoms with Gasteiger partial charge in [-0.3, -0.25) is 0 Å². The molecule has 2 aromatic rings. The molecule has 2 aromatic heterocycles. The molecule has 2 heterocycles. The Morgan fingerprint density at radius 1 is 1.31 bits per heavy atom. The third kappa shape index (κ3) is 2.14. The fourth-order valence-corrected chi connectivity index (χ4v) is 1.85. The number of hydrogen-bond acceptors (Lipinski definition) is 4. The summed E-state index contributed by atoms with van der Waals surface area (Å²) in [6.45, 7) is 2.12. The average Bonchev–Trinajstić information content (AvgIpc) is 2.33. The highest BCUT2D eigenvalue weighted by Crippen LogP contribution is 2.20. The summed E-state index contributed by atoms with van der Waals surface area (Å²) < 4.78 is 0.652. The molecule has 0 saturated heterocycles. The van der Waals surface area contributed by atoms with Gasteiger partial charge in [0.25, 0.3) is 0 Å². The van der Waals surface area contributed by atoms with Crippen molar-refractivity contribution in [1.29, 1.82) is 0 Å². The summed E-state index contributed by atoms with van der Waals surface area (Å²) in [6, 6.07) is 0. The molecule has 0 aliphatic carbocycles. The van der Waals surface area contributed by atoms with Gasteiger partial charge in [0, 0.05) is 23.5 Å². The Labute approximate surface area is 98.8 Å². The van der Waals surface area contributed by atoms with Gasteiger partial charge >= 0.3 is 0 Å². The van der Waals surface area contributed by atoms with Gasteiger partial charge in [0.15, 0.2) is 0 Å². The molecule has 0 aromatic carbocycles. The predicted octanol–water partition coefficient (Wildman–Crippen LogP) is 2.55. The third-order valence-corrected chi connectivity index (χ3v) is 2.65. The summed E-state index contributed by atoms with van der Waals surface area (Å²) >= 11 is 5.23. The Morgan fingerprint density at radius 2 is 2.06 bits per heavy atom. The van der Waals surface area contributed by atoms with Crippen LogP contribution >= 0.6 is 12.2 Å². The summed E-state index contributed by atoms with van der Waals surface area (Å²) in [4.78, 5) is 15.2. The largest absolute Gasteiger partial charge is 0.345 e. The fourth-order valence-electron chi connectivity index (χ4n) is 1.60. The molecular weight excluding hydrogens is 220 g/mol. The summed E-state index contributed by atoms with van der Waals surface area (Å²) in [6.07, 6.45) is 8.61. The van der Waals surface area contributed by atoms with Crippen molar-refractivity contribution in [3.8, 4) is 11.3 Å². The standard InChI is InChI=1S/C11H12N4S/c1-2-3-9-10(14-7-15-11(9)16)8-4-12-6-13-5-8/h4-7H,2-3H2,1H3,(H,14,15,16). The number of H-pyrrole nitrogens is 1. The summed E-state index contributed by atoms with van der Waals surface area (Å²) in [5, 5.41) is 0. The number of nitrogens with zero attached hydrogens (tertiary/aromatic N) is 3. The van der Waals surface area contributed by atoms with Crippen LogP contribution in [0.5, 0.6) is 0 Å². The Kier molecular flexibility index (Phi) is 3.36. The number of aromatic nitrogens is 4. The van der Waals surface area contributed by atoms with Crippen molar-refractivity contribution in [2.45, 2.75) is 19.8 Å². The van der Waals surface area contributed by atoms with Gasteiger partial charge in [0.1, 0.15) is 11.0 Å². The van der Waals surface area contributed by atoms with Crippen LogP contribution in [0.25, 0.3) is 11.3 Å². The normalized spacial score (nSPS) is 10.3. The molecule has 0 atom stereocenters. The molecule has 0 radical (unpaired) electrons. The molecule has 0 unspecified atom stereocenters. The minimum atomic E-state index is 0.652. The van der Waals surface area contributed by atoms with Crippen molar-refractivity contribution in [3.05, 3.63) is 35.3 Å².